The van der Waals surface area contributed by atoms with Crippen molar-refractivity contribution in [2.24, 2.45) is 0 Å². The molecule has 178 valence electrons. The van der Waals surface area contributed by atoms with Gasteiger partial charge in [0.05, 0.1) is 16.2 Å². The van der Waals surface area contributed by atoms with Gasteiger partial charge >= 0.3 is 6.18 Å². The van der Waals surface area contributed by atoms with Gasteiger partial charge in [-0.25, -0.2) is 13.4 Å². The summed E-state index contributed by atoms with van der Waals surface area (Å²) in [6, 6.07) is 9.39. The number of hydrogen-bond donors (Lipinski definition) is 2. The minimum atomic E-state index is -4.75. The molecule has 0 spiro atoms. The zero-order chi connectivity index (χ0) is 24.7. The summed E-state index contributed by atoms with van der Waals surface area (Å²) in [5.41, 5.74) is -0.998. The van der Waals surface area contributed by atoms with Crippen molar-refractivity contribution in [1.82, 2.24) is 9.97 Å². The van der Waals surface area contributed by atoms with Gasteiger partial charge in [-0.15, -0.1) is 0 Å². The number of H-pyrrole nitrogens is 1. The largest absolute Gasteiger partial charge is 0.417 e. The van der Waals surface area contributed by atoms with E-state index in [0.29, 0.717) is 29.3 Å². The van der Waals surface area contributed by atoms with Crippen molar-refractivity contribution in [1.29, 1.82) is 0 Å². The zero-order valence-corrected chi connectivity index (χ0v) is 18.8. The van der Waals surface area contributed by atoms with E-state index in [2.05, 4.69) is 10.3 Å². The number of sulfone groups is 1. The molecule has 3 aromatic rings. The van der Waals surface area contributed by atoms with Crippen LogP contribution in [0.25, 0.3) is 11.1 Å². The van der Waals surface area contributed by atoms with E-state index in [1.54, 1.807) is 0 Å². The number of anilines is 1. The normalized spacial score (nSPS) is 14.1. The summed E-state index contributed by atoms with van der Waals surface area (Å²) < 4.78 is 64.4. The fraction of sp³-hybridized carbons (Fsp3) is 0.261. The lowest BCUT2D eigenvalue weighted by Crippen LogP contribution is -2.24. The molecule has 0 unspecified atom stereocenters. The summed E-state index contributed by atoms with van der Waals surface area (Å²) in [4.78, 5) is 30.3. The number of rotatable bonds is 6. The lowest BCUT2D eigenvalue weighted by Gasteiger charge is -2.12. The van der Waals surface area contributed by atoms with Crippen molar-refractivity contribution >= 4 is 21.4 Å². The number of amides is 1. The predicted octanol–water partition coefficient (Wildman–Crippen LogP) is 4.38. The van der Waals surface area contributed by atoms with Crippen molar-refractivity contribution in [3.05, 3.63) is 76.0 Å². The topological polar surface area (TPSA) is 109 Å². The minimum absolute atomic E-state index is 0.330. The Balaban J connectivity index is 1.71. The van der Waals surface area contributed by atoms with Crippen LogP contribution < -0.4 is 10.9 Å². The Bertz CT molecular complexity index is 1410. The molecule has 2 N–H and O–H groups in total. The van der Waals surface area contributed by atoms with Gasteiger partial charge < -0.3 is 10.3 Å². The summed E-state index contributed by atoms with van der Waals surface area (Å²) in [7, 11) is -3.94. The first-order valence-electron chi connectivity index (χ1n) is 10.4. The molecule has 1 amide bonds. The fourth-order valence-electron chi connectivity index (χ4n) is 3.45. The number of nitrogens with zero attached hydrogens (tertiary/aromatic N) is 1. The molecule has 2 aromatic heterocycles. The molecule has 1 aliphatic carbocycles. The fourth-order valence-corrected chi connectivity index (χ4v) is 4.51. The number of hydrogen-bond acceptors (Lipinski definition) is 5. The summed E-state index contributed by atoms with van der Waals surface area (Å²) >= 11 is 0. The van der Waals surface area contributed by atoms with Crippen LogP contribution in [0.4, 0.5) is 18.9 Å². The highest BCUT2D eigenvalue weighted by atomic mass is 32.2. The predicted molar refractivity (Wildman–Crippen MR) is 119 cm³/mol. The van der Waals surface area contributed by atoms with E-state index in [9.17, 15) is 31.2 Å². The van der Waals surface area contributed by atoms with Crippen molar-refractivity contribution < 1.29 is 26.4 Å². The van der Waals surface area contributed by atoms with Gasteiger partial charge in [-0.1, -0.05) is 31.2 Å². The highest BCUT2D eigenvalue weighted by Crippen LogP contribution is 2.40. The third kappa shape index (κ3) is 4.89. The lowest BCUT2D eigenvalue weighted by atomic mass is 10.0. The van der Waals surface area contributed by atoms with E-state index in [1.807, 2.05) is 29.2 Å². The average Bonchev–Trinajstić information content (AvgIpc) is 3.65. The van der Waals surface area contributed by atoms with Crippen LogP contribution in [0.2, 0.25) is 0 Å². The molecule has 0 aliphatic heterocycles. The molecule has 0 saturated heterocycles. The molecule has 1 aromatic carbocycles. The maximum absolute atomic E-state index is 13.0. The van der Waals surface area contributed by atoms with Gasteiger partial charge in [0.2, 0.25) is 0 Å². The van der Waals surface area contributed by atoms with Crippen LogP contribution in [-0.4, -0.2) is 30.0 Å². The quantitative estimate of drug-likeness (QED) is 0.532. The summed E-state index contributed by atoms with van der Waals surface area (Å²) in [6.07, 6.45) is -0.690. The molecule has 1 fully saturated rings. The van der Waals surface area contributed by atoms with Crippen LogP contribution in [0.1, 0.15) is 47.3 Å². The third-order valence-electron chi connectivity index (χ3n) is 5.55. The third-order valence-corrected chi connectivity index (χ3v) is 7.30. The molecular weight excluding hydrogens is 471 g/mol. The summed E-state index contributed by atoms with van der Waals surface area (Å²) in [5.74, 6) is -0.899. The number of carbonyl (C=O) groups excluding carboxylic acids is 1. The summed E-state index contributed by atoms with van der Waals surface area (Å²) in [6.45, 7) is 1.39. The first-order chi connectivity index (χ1) is 16.0. The van der Waals surface area contributed by atoms with Crippen molar-refractivity contribution in [3.63, 3.8) is 0 Å². The Hall–Kier alpha value is -3.47. The second-order valence-electron chi connectivity index (χ2n) is 7.95. The van der Waals surface area contributed by atoms with Gasteiger partial charge in [-0.2, -0.15) is 13.2 Å². The Labute approximate surface area is 193 Å². The molecular formula is C23H20F3N3O4S. The lowest BCUT2D eigenvalue weighted by molar-refractivity contribution is -0.137. The van der Waals surface area contributed by atoms with Crippen molar-refractivity contribution in [2.45, 2.75) is 36.8 Å². The highest BCUT2D eigenvalue weighted by molar-refractivity contribution is 7.91. The van der Waals surface area contributed by atoms with E-state index < -0.39 is 44.4 Å². The van der Waals surface area contributed by atoms with E-state index in [4.69, 9.17) is 0 Å². The number of halogens is 3. The van der Waals surface area contributed by atoms with Gasteiger partial charge in [0, 0.05) is 18.0 Å². The first kappa shape index (κ1) is 23.7. The number of alkyl halides is 3. The van der Waals surface area contributed by atoms with Gasteiger partial charge in [-0.05, 0) is 42.0 Å². The number of nitrogens with one attached hydrogen (secondary N) is 2. The maximum Gasteiger partial charge on any atom is 0.417 e. The molecule has 0 bridgehead atoms. The molecule has 0 radical (unpaired) electrons. The second kappa shape index (κ2) is 8.71. The van der Waals surface area contributed by atoms with Crippen LogP contribution in [0.15, 0.2) is 58.5 Å². The Morgan fingerprint density at radius 2 is 1.82 bits per heavy atom. The number of aromatic amines is 1. The molecule has 7 nitrogen and oxygen atoms in total. The average molecular weight is 491 g/mol. The molecule has 2 heterocycles. The standard InChI is InChI=1S/C23H20F3N3O4S/c1-2-34(32,33)19-9-16(15-7-5-14(6-8-15)13-3-4-13)11-27-20(19)22(31)29-18-10-17(23(24,25)26)12-28-21(18)30/h5-13H,2-4H2,1H3,(H,28,30)(H,29,31). The van der Waals surface area contributed by atoms with Gasteiger partial charge in [0.25, 0.3) is 11.5 Å². The summed E-state index contributed by atoms with van der Waals surface area (Å²) in [5, 5.41) is 2.05. The number of benzene rings is 1. The SMILES string of the molecule is CCS(=O)(=O)c1cc(-c2ccc(C3CC3)cc2)cnc1C(=O)Nc1cc(C(F)(F)F)c[nH]c1=O. The van der Waals surface area contributed by atoms with Gasteiger partial charge in [-0.3, -0.25) is 9.59 Å². The number of carbonyl (C=O) groups is 1. The molecule has 34 heavy (non-hydrogen) atoms. The highest BCUT2D eigenvalue weighted by Gasteiger charge is 2.32. The van der Waals surface area contributed by atoms with Gasteiger partial charge in [0.1, 0.15) is 11.4 Å². The first-order valence-corrected chi connectivity index (χ1v) is 12.1. The van der Waals surface area contributed by atoms with Crippen LogP contribution >= 0.6 is 0 Å². The molecule has 1 aliphatic rings. The van der Waals surface area contributed by atoms with Crippen LogP contribution in [0.3, 0.4) is 0 Å². The van der Waals surface area contributed by atoms with Crippen LogP contribution in [-0.2, 0) is 16.0 Å². The van der Waals surface area contributed by atoms with Crippen molar-refractivity contribution in [3.8, 4) is 11.1 Å². The Morgan fingerprint density at radius 1 is 1.15 bits per heavy atom. The van der Waals surface area contributed by atoms with E-state index in [-0.39, 0.29) is 10.6 Å². The Kier molecular flexibility index (Phi) is 6.07. The monoisotopic (exact) mass is 491 g/mol. The molecule has 0 atom stereocenters. The van der Waals surface area contributed by atoms with Gasteiger partial charge in [0.15, 0.2) is 9.84 Å². The smallest absolute Gasteiger partial charge is 0.327 e. The molecule has 4 rings (SSSR count). The molecule has 11 heteroatoms. The maximum atomic E-state index is 13.0. The van der Waals surface area contributed by atoms with Crippen molar-refractivity contribution in [2.75, 3.05) is 11.1 Å². The molecule has 1 saturated carbocycles. The second-order valence-corrected chi connectivity index (χ2v) is 10.2. The Morgan fingerprint density at radius 3 is 2.41 bits per heavy atom. The zero-order valence-electron chi connectivity index (χ0n) is 17.9. The van der Waals surface area contributed by atoms with E-state index >= 15 is 0 Å². The van der Waals surface area contributed by atoms with Crippen LogP contribution in [0, 0.1) is 0 Å². The minimum Gasteiger partial charge on any atom is -0.327 e. The number of pyridine rings is 2. The number of aromatic nitrogens is 2. The van der Waals surface area contributed by atoms with Crippen LogP contribution in [0.5, 0.6) is 0 Å². The van der Waals surface area contributed by atoms with E-state index in [0.717, 1.165) is 12.8 Å². The van der Waals surface area contributed by atoms with E-state index in [1.165, 1.54) is 24.8 Å².